The lowest BCUT2D eigenvalue weighted by Crippen LogP contribution is -2.64. The molecule has 2 unspecified atom stereocenters. The van der Waals surface area contributed by atoms with Crippen LogP contribution in [0.1, 0.15) is 35.4 Å². The monoisotopic (exact) mass is 538 g/mol. The molecule has 0 saturated carbocycles. The van der Waals surface area contributed by atoms with Crippen molar-refractivity contribution in [1.82, 2.24) is 0 Å². The highest BCUT2D eigenvalue weighted by atomic mass is 16.7. The van der Waals surface area contributed by atoms with Gasteiger partial charge in [0.15, 0.2) is 5.78 Å². The summed E-state index contributed by atoms with van der Waals surface area (Å²) in [6, 6.07) is 8.27. The molecule has 0 bridgehead atoms. The molecule has 0 spiro atoms. The summed E-state index contributed by atoms with van der Waals surface area (Å²) < 4.78 is 16.8. The van der Waals surface area contributed by atoms with E-state index in [1.165, 1.54) is 25.1 Å². The highest BCUT2D eigenvalue weighted by Gasteiger charge is 2.50. The number of rotatable bonds is 7. The summed E-state index contributed by atoms with van der Waals surface area (Å²) in [5, 5.41) is 90.3. The predicted octanol–water partition coefficient (Wildman–Crippen LogP) is -1.55. The average Bonchev–Trinajstić information content (AvgIpc) is 2.87. The van der Waals surface area contributed by atoms with Gasteiger partial charge < -0.3 is 60.2 Å². The molecule has 2 heterocycles. The van der Waals surface area contributed by atoms with Gasteiger partial charge in [0, 0.05) is 12.1 Å². The molecule has 0 amide bonds. The third-order valence-corrected chi connectivity index (χ3v) is 6.63. The first-order valence-corrected chi connectivity index (χ1v) is 11.8. The molecule has 2 aliphatic rings. The molecule has 4 rings (SSSR count). The van der Waals surface area contributed by atoms with Gasteiger partial charge in [-0.1, -0.05) is 12.1 Å². The Morgan fingerprint density at radius 2 is 1.58 bits per heavy atom. The van der Waals surface area contributed by atoms with E-state index in [9.17, 15) is 50.8 Å². The van der Waals surface area contributed by atoms with E-state index in [0.29, 0.717) is 5.56 Å². The molecular weight excluding hydrogens is 508 g/mol. The molecule has 2 aromatic carbocycles. The van der Waals surface area contributed by atoms with E-state index in [1.54, 1.807) is 12.1 Å². The van der Waals surface area contributed by atoms with Gasteiger partial charge in [0.25, 0.3) is 0 Å². The van der Waals surface area contributed by atoms with Gasteiger partial charge in [-0.25, -0.2) is 0 Å². The Morgan fingerprint density at radius 3 is 2.21 bits per heavy atom. The van der Waals surface area contributed by atoms with Crippen LogP contribution in [0.25, 0.3) is 0 Å². The summed E-state index contributed by atoms with van der Waals surface area (Å²) in [4.78, 5) is 12.5. The van der Waals surface area contributed by atoms with Crippen molar-refractivity contribution in [3.8, 4) is 23.0 Å². The second kappa shape index (κ2) is 11.0. The van der Waals surface area contributed by atoms with E-state index >= 15 is 0 Å². The van der Waals surface area contributed by atoms with Crippen LogP contribution in [0.2, 0.25) is 0 Å². The highest BCUT2D eigenvalue weighted by molar-refractivity contribution is 6.02. The first-order valence-electron chi connectivity index (χ1n) is 11.8. The molecule has 2 aromatic rings. The Labute approximate surface area is 216 Å². The van der Waals surface area contributed by atoms with Crippen molar-refractivity contribution in [2.45, 2.75) is 74.6 Å². The number of Topliss-reactive ketones (excluding diaryl/α,β-unsaturated/α-hetero) is 1. The van der Waals surface area contributed by atoms with Gasteiger partial charge in [0.1, 0.15) is 77.4 Å². The molecule has 10 atom stereocenters. The summed E-state index contributed by atoms with van der Waals surface area (Å²) in [5.41, 5.74) is 0.522. The molecule has 9 N–H and O–H groups in total. The lowest BCUT2D eigenvalue weighted by molar-refractivity contribution is -0.298. The molecule has 0 aromatic heterocycles. The quantitative estimate of drug-likeness (QED) is 0.195. The number of hydrogen-bond acceptors (Lipinski definition) is 13. The van der Waals surface area contributed by atoms with Crippen LogP contribution in [0.15, 0.2) is 36.4 Å². The summed E-state index contributed by atoms with van der Waals surface area (Å²) in [6.07, 6.45) is -16.7. The van der Waals surface area contributed by atoms with Crippen molar-refractivity contribution in [3.05, 3.63) is 47.5 Å². The maximum absolute atomic E-state index is 12.5. The smallest absolute Gasteiger partial charge is 0.229 e. The Bertz CT molecular complexity index is 1140. The Kier molecular flexibility index (Phi) is 8.11. The van der Waals surface area contributed by atoms with Gasteiger partial charge in [0.2, 0.25) is 6.29 Å². The molecule has 2 aliphatic heterocycles. The fraction of sp³-hybridized carbons (Fsp3) is 0.480. The number of aliphatic hydroxyl groups is 7. The maximum Gasteiger partial charge on any atom is 0.229 e. The molecule has 38 heavy (non-hydrogen) atoms. The third kappa shape index (κ3) is 5.41. The summed E-state index contributed by atoms with van der Waals surface area (Å²) >= 11 is 0. The zero-order valence-electron chi connectivity index (χ0n) is 20.1. The van der Waals surface area contributed by atoms with Crippen LogP contribution < -0.4 is 9.47 Å². The van der Waals surface area contributed by atoms with E-state index in [4.69, 9.17) is 14.2 Å². The molecule has 13 heteroatoms. The number of ketones is 1. The number of phenolic OH excluding ortho intramolecular Hbond substituents is 2. The van der Waals surface area contributed by atoms with Crippen molar-refractivity contribution in [2.75, 3.05) is 0 Å². The number of benzene rings is 2. The zero-order valence-corrected chi connectivity index (χ0v) is 20.1. The Hall–Kier alpha value is -3.01. The van der Waals surface area contributed by atoms with Crippen LogP contribution in [0.3, 0.4) is 0 Å². The number of hydrogen-bond donors (Lipinski definition) is 9. The van der Waals surface area contributed by atoms with Gasteiger partial charge in [-0.05, 0) is 24.6 Å². The van der Waals surface area contributed by atoms with Crippen LogP contribution >= 0.6 is 0 Å². The van der Waals surface area contributed by atoms with Crippen LogP contribution in [0.4, 0.5) is 0 Å². The second-order valence-electron chi connectivity index (χ2n) is 9.41. The van der Waals surface area contributed by atoms with E-state index < -0.39 is 61.2 Å². The third-order valence-electron chi connectivity index (χ3n) is 6.63. The van der Waals surface area contributed by atoms with Crippen molar-refractivity contribution in [2.24, 2.45) is 0 Å². The maximum atomic E-state index is 12.5. The fourth-order valence-electron chi connectivity index (χ4n) is 4.44. The number of phenols is 2. The van der Waals surface area contributed by atoms with E-state index in [1.807, 2.05) is 0 Å². The summed E-state index contributed by atoms with van der Waals surface area (Å²) in [6.45, 7) is 1.17. The lowest BCUT2D eigenvalue weighted by atomic mass is 9.90. The molecule has 1 saturated heterocycles. The first-order chi connectivity index (χ1) is 17.9. The fourth-order valence-corrected chi connectivity index (χ4v) is 4.44. The first kappa shape index (κ1) is 28.0. The largest absolute Gasteiger partial charge is 0.508 e. The predicted molar refractivity (Wildman–Crippen MR) is 126 cm³/mol. The zero-order chi connectivity index (χ0) is 27.9. The molecule has 1 fully saturated rings. The molecule has 0 aliphatic carbocycles. The Morgan fingerprint density at radius 1 is 0.921 bits per heavy atom. The lowest BCUT2D eigenvalue weighted by Gasteiger charge is -2.43. The number of carbonyl (C=O) groups is 1. The van der Waals surface area contributed by atoms with Gasteiger partial charge in [-0.2, -0.15) is 0 Å². The molecule has 13 nitrogen and oxygen atoms in total. The Balaban J connectivity index is 1.47. The van der Waals surface area contributed by atoms with Crippen molar-refractivity contribution < 1.29 is 65.0 Å². The van der Waals surface area contributed by atoms with E-state index in [0.717, 1.165) is 6.07 Å². The number of fused-ring (bicyclic) bond motifs is 1. The van der Waals surface area contributed by atoms with Gasteiger partial charge in [-0.15, -0.1) is 0 Å². The van der Waals surface area contributed by atoms with Crippen LogP contribution in [-0.2, 0) is 4.74 Å². The summed E-state index contributed by atoms with van der Waals surface area (Å²) in [5.74, 6) is -0.886. The van der Waals surface area contributed by atoms with Gasteiger partial charge in [-0.3, -0.25) is 4.79 Å². The number of carbonyl (C=O) groups excluding carboxylic acids is 1. The molecule has 208 valence electrons. The minimum Gasteiger partial charge on any atom is -0.508 e. The topological polar surface area (TPSA) is 227 Å². The number of ether oxygens (including phenoxy) is 3. The summed E-state index contributed by atoms with van der Waals surface area (Å²) in [7, 11) is 0. The minimum atomic E-state index is -1.96. The molecule has 0 radical (unpaired) electrons. The number of aromatic hydroxyl groups is 2. The second-order valence-corrected chi connectivity index (χ2v) is 9.41. The van der Waals surface area contributed by atoms with Crippen LogP contribution in [0, 0.1) is 0 Å². The van der Waals surface area contributed by atoms with Crippen molar-refractivity contribution in [1.29, 1.82) is 0 Å². The normalized spacial score (nSPS) is 30.5. The molecular formula is C25H30O13. The van der Waals surface area contributed by atoms with Gasteiger partial charge in [0.05, 0.1) is 12.5 Å². The standard InChI is InChI=1S/C25H30O13/c1-9(26)18(30)19(31)21(33)24-22(34)20(32)23(35)25(38-24)36-12-4-2-10(3-5-12)15-8-14(29)17-13(28)6-11(27)7-16(17)37-15/h2-7,9,15,18-28,30-35H,8H2,1H3/t9-,15?,18-,19+,20+,21-,22+,23-,24-,25?/m1/s1. The van der Waals surface area contributed by atoms with Crippen molar-refractivity contribution in [3.63, 3.8) is 0 Å². The van der Waals surface area contributed by atoms with Crippen molar-refractivity contribution >= 4 is 5.78 Å². The highest BCUT2D eigenvalue weighted by Crippen LogP contribution is 2.41. The average molecular weight is 539 g/mol. The van der Waals surface area contributed by atoms with Crippen LogP contribution in [-0.4, -0.2) is 107 Å². The number of aliphatic hydroxyl groups excluding tert-OH is 7. The SMILES string of the molecule is C[C@@H](O)[C@@H](O)[C@H](O)[C@@H](O)[C@H]1OC(Oc2ccc(C3CC(=O)c4c(O)cc(O)cc4O3)cc2)[C@H](O)[C@@H](O)[C@@H]1O. The van der Waals surface area contributed by atoms with E-state index in [2.05, 4.69) is 0 Å². The van der Waals surface area contributed by atoms with E-state index in [-0.39, 0.29) is 40.8 Å². The van der Waals surface area contributed by atoms with Gasteiger partial charge >= 0.3 is 0 Å². The minimum absolute atomic E-state index is 0.0222. The van der Waals surface area contributed by atoms with Crippen LogP contribution in [0.5, 0.6) is 23.0 Å².